The molecule has 0 N–H and O–H groups in total. The van der Waals surface area contributed by atoms with E-state index in [0.29, 0.717) is 17.5 Å². The van der Waals surface area contributed by atoms with Crippen molar-refractivity contribution in [3.8, 4) is 56.4 Å². The Labute approximate surface area is 304 Å². The van der Waals surface area contributed by atoms with E-state index in [4.69, 9.17) is 19.4 Å². The Balaban J connectivity index is 1.12. The molecule has 0 atom stereocenters. The molecule has 0 spiro atoms. The summed E-state index contributed by atoms with van der Waals surface area (Å²) in [6, 6.07) is 51.6. The minimum absolute atomic E-state index is 0.0441. The predicted octanol–water partition coefficient (Wildman–Crippen LogP) is 10.4. The average molecular weight is 686 g/mol. The van der Waals surface area contributed by atoms with E-state index >= 15 is 0 Å². The maximum absolute atomic E-state index is 12.5. The molecule has 0 unspecified atom stereocenters. The first-order valence-electron chi connectivity index (χ1n) is 17.5. The smallest absolute Gasteiger partial charge is 0.328 e. The molecule has 7 heteroatoms. The maximum Gasteiger partial charge on any atom is 0.328 e. The van der Waals surface area contributed by atoms with Crippen LogP contribution in [-0.2, 0) is 14.1 Å². The molecule has 0 aliphatic heterocycles. The van der Waals surface area contributed by atoms with Crippen LogP contribution in [0.5, 0.6) is 0 Å². The summed E-state index contributed by atoms with van der Waals surface area (Å²) in [6.45, 7) is 0. The fourth-order valence-corrected chi connectivity index (χ4v) is 7.49. The van der Waals surface area contributed by atoms with Crippen molar-refractivity contribution in [1.29, 1.82) is 0 Å². The first-order chi connectivity index (χ1) is 26.0. The molecule has 7 nitrogen and oxygen atoms in total. The van der Waals surface area contributed by atoms with Crippen LogP contribution in [0.15, 0.2) is 161 Å². The Morgan fingerprint density at radius 3 is 1.81 bits per heavy atom. The van der Waals surface area contributed by atoms with Gasteiger partial charge in [-0.15, -0.1) is 0 Å². The van der Waals surface area contributed by atoms with Gasteiger partial charge in [0.2, 0.25) is 0 Å². The van der Waals surface area contributed by atoms with Gasteiger partial charge in [-0.2, -0.15) is 0 Å². The Morgan fingerprint density at radius 1 is 0.453 bits per heavy atom. The fraction of sp³-hybridized carbons (Fsp3) is 0.0435. The summed E-state index contributed by atoms with van der Waals surface area (Å²) in [4.78, 5) is 27.8. The summed E-state index contributed by atoms with van der Waals surface area (Å²) in [6.07, 6.45) is 0. The highest BCUT2D eigenvalue weighted by Crippen LogP contribution is 2.41. The number of rotatable bonds is 5. The number of aromatic nitrogens is 5. The minimum Gasteiger partial charge on any atom is -0.456 e. The van der Waals surface area contributed by atoms with Crippen LogP contribution >= 0.6 is 0 Å². The number of fused-ring (bicyclic) bond motifs is 5. The Bertz CT molecular complexity index is 3100. The highest BCUT2D eigenvalue weighted by atomic mass is 16.3. The third kappa shape index (κ3) is 5.05. The maximum atomic E-state index is 12.5. The molecule has 10 aromatic rings. The first kappa shape index (κ1) is 30.7. The molecular weight excluding hydrogens is 655 g/mol. The molecule has 0 radical (unpaired) electrons. The molecule has 7 aromatic carbocycles. The molecule has 0 aliphatic rings. The van der Waals surface area contributed by atoms with Gasteiger partial charge in [-0.25, -0.2) is 19.7 Å². The summed E-state index contributed by atoms with van der Waals surface area (Å²) in [5.41, 5.74) is 10.2. The van der Waals surface area contributed by atoms with Gasteiger partial charge in [0.15, 0.2) is 17.5 Å². The van der Waals surface area contributed by atoms with Crippen LogP contribution < -0.4 is 5.69 Å². The summed E-state index contributed by atoms with van der Waals surface area (Å²) < 4.78 is 9.79. The molecule has 3 aromatic heterocycles. The minimum atomic E-state index is -0.0441. The summed E-state index contributed by atoms with van der Waals surface area (Å²) in [7, 11) is 3.60. The fourth-order valence-electron chi connectivity index (χ4n) is 7.49. The molecule has 252 valence electrons. The molecule has 3 heterocycles. The molecule has 0 saturated carbocycles. The van der Waals surface area contributed by atoms with Crippen molar-refractivity contribution in [3.63, 3.8) is 0 Å². The van der Waals surface area contributed by atoms with E-state index in [9.17, 15) is 4.79 Å². The van der Waals surface area contributed by atoms with Gasteiger partial charge in [-0.05, 0) is 63.4 Å². The Hall–Kier alpha value is -7.12. The van der Waals surface area contributed by atoms with Crippen LogP contribution in [0.3, 0.4) is 0 Å². The lowest BCUT2D eigenvalue weighted by Crippen LogP contribution is -2.19. The van der Waals surface area contributed by atoms with Gasteiger partial charge in [0.1, 0.15) is 11.2 Å². The third-order valence-electron chi connectivity index (χ3n) is 10.2. The van der Waals surface area contributed by atoms with Crippen LogP contribution in [0.25, 0.3) is 100 Å². The van der Waals surface area contributed by atoms with Gasteiger partial charge in [0.05, 0.1) is 11.0 Å². The van der Waals surface area contributed by atoms with Crippen molar-refractivity contribution in [2.24, 2.45) is 14.1 Å². The number of nitrogens with zero attached hydrogens (tertiary/aromatic N) is 5. The number of imidazole rings is 1. The van der Waals surface area contributed by atoms with Gasteiger partial charge in [-0.1, -0.05) is 121 Å². The topological polar surface area (TPSA) is 78.7 Å². The van der Waals surface area contributed by atoms with Gasteiger partial charge < -0.3 is 4.42 Å². The summed E-state index contributed by atoms with van der Waals surface area (Å²) >= 11 is 0. The molecule has 0 aliphatic carbocycles. The SMILES string of the molecule is Cn1c(=O)n(C)c2cc(-c3ccc(-c4nc(-c5ccccc5)nc(-c5ccccc5-c5cccc6oc7cc8ccccc8cc7c56)n4)cc3)ccc21. The first-order valence-corrected chi connectivity index (χ1v) is 17.5. The molecule has 10 rings (SSSR count). The molecule has 0 saturated heterocycles. The number of hydrogen-bond acceptors (Lipinski definition) is 5. The largest absolute Gasteiger partial charge is 0.456 e. The van der Waals surface area contributed by atoms with E-state index in [1.165, 1.54) is 0 Å². The molecule has 0 fully saturated rings. The zero-order chi connectivity index (χ0) is 35.6. The average Bonchev–Trinajstić information content (AvgIpc) is 3.69. The zero-order valence-corrected chi connectivity index (χ0v) is 29.0. The monoisotopic (exact) mass is 685 g/mol. The van der Waals surface area contributed by atoms with Crippen molar-refractivity contribution in [3.05, 3.63) is 162 Å². The van der Waals surface area contributed by atoms with Crippen LogP contribution in [-0.4, -0.2) is 24.1 Å². The lowest BCUT2D eigenvalue weighted by molar-refractivity contribution is 0.669. The van der Waals surface area contributed by atoms with Gasteiger partial charge in [0.25, 0.3) is 0 Å². The van der Waals surface area contributed by atoms with E-state index in [-0.39, 0.29) is 5.69 Å². The van der Waals surface area contributed by atoms with Crippen LogP contribution in [0.1, 0.15) is 0 Å². The van der Waals surface area contributed by atoms with E-state index in [1.54, 1.807) is 23.2 Å². The number of benzene rings is 7. The van der Waals surface area contributed by atoms with Crippen LogP contribution in [0.2, 0.25) is 0 Å². The highest BCUT2D eigenvalue weighted by molar-refractivity contribution is 6.16. The molecular formula is C46H31N5O2. The predicted molar refractivity (Wildman–Crippen MR) is 214 cm³/mol. The van der Waals surface area contributed by atoms with Gasteiger partial charge in [-0.3, -0.25) is 9.13 Å². The Morgan fingerprint density at radius 2 is 1.04 bits per heavy atom. The van der Waals surface area contributed by atoms with E-state index in [2.05, 4.69) is 84.9 Å². The van der Waals surface area contributed by atoms with Gasteiger partial charge in [0, 0.05) is 41.6 Å². The highest BCUT2D eigenvalue weighted by Gasteiger charge is 2.19. The second kappa shape index (κ2) is 12.0. The second-order valence-corrected chi connectivity index (χ2v) is 13.4. The van der Waals surface area contributed by atoms with Crippen molar-refractivity contribution in [2.75, 3.05) is 0 Å². The van der Waals surface area contributed by atoms with Crippen LogP contribution in [0.4, 0.5) is 0 Å². The molecule has 53 heavy (non-hydrogen) atoms. The van der Waals surface area contributed by atoms with Crippen molar-refractivity contribution in [1.82, 2.24) is 24.1 Å². The quantitative estimate of drug-likeness (QED) is 0.180. The van der Waals surface area contributed by atoms with Crippen molar-refractivity contribution < 1.29 is 4.42 Å². The van der Waals surface area contributed by atoms with E-state index < -0.39 is 0 Å². The lowest BCUT2D eigenvalue weighted by Gasteiger charge is -2.13. The van der Waals surface area contributed by atoms with Crippen molar-refractivity contribution >= 4 is 43.7 Å². The molecule has 0 bridgehead atoms. The third-order valence-corrected chi connectivity index (χ3v) is 10.2. The standard InChI is InChI=1S/C46H31N5O2/c1-50-38-24-23-33(26-39(38)51(2)46(50)52)28-19-21-30(22-20-28)44-47-43(29-11-4-3-5-12-29)48-45(49-44)36-16-9-8-15-34(36)35-17-10-18-40-42(35)37-25-31-13-6-7-14-32(31)27-41(37)53-40/h3-27H,1-2H3. The number of hydrogen-bond donors (Lipinski definition) is 0. The van der Waals surface area contributed by atoms with Crippen LogP contribution in [0, 0.1) is 0 Å². The van der Waals surface area contributed by atoms with E-state index in [1.807, 2.05) is 66.7 Å². The van der Waals surface area contributed by atoms with E-state index in [0.717, 1.165) is 82.7 Å². The van der Waals surface area contributed by atoms with Gasteiger partial charge >= 0.3 is 5.69 Å². The number of furan rings is 1. The number of aryl methyl sites for hydroxylation is 2. The lowest BCUT2D eigenvalue weighted by atomic mass is 9.94. The molecule has 0 amide bonds. The zero-order valence-electron chi connectivity index (χ0n) is 29.0. The Kier molecular flexibility index (Phi) is 6.94. The second-order valence-electron chi connectivity index (χ2n) is 13.4. The summed E-state index contributed by atoms with van der Waals surface area (Å²) in [5, 5.41) is 4.43. The van der Waals surface area contributed by atoms with Crippen molar-refractivity contribution in [2.45, 2.75) is 0 Å². The summed E-state index contributed by atoms with van der Waals surface area (Å²) in [5.74, 6) is 1.76. The normalized spacial score (nSPS) is 11.7.